The minimum absolute atomic E-state index is 0.00677. The third-order valence-corrected chi connectivity index (χ3v) is 5.23. The fourth-order valence-corrected chi connectivity index (χ4v) is 3.73. The molecule has 25 heavy (non-hydrogen) atoms. The molecule has 0 saturated carbocycles. The maximum absolute atomic E-state index is 12.6. The molecule has 2 N–H and O–H groups in total. The van der Waals surface area contributed by atoms with Gasteiger partial charge in [0.2, 0.25) is 10.0 Å². The molecule has 1 atom stereocenters. The van der Waals surface area contributed by atoms with Gasteiger partial charge in [0.1, 0.15) is 6.04 Å². The SMILES string of the molecule is O=C(O)C(Cc1ccccc1)NS(=O)(=O)c1ccc2ncccc2c1. The summed E-state index contributed by atoms with van der Waals surface area (Å²) in [5.74, 6) is -1.23. The first kappa shape index (κ1) is 17.1. The monoisotopic (exact) mass is 356 g/mol. The van der Waals surface area contributed by atoms with Gasteiger partial charge in [0.05, 0.1) is 10.4 Å². The van der Waals surface area contributed by atoms with Gasteiger partial charge in [-0.2, -0.15) is 4.72 Å². The van der Waals surface area contributed by atoms with E-state index in [1.807, 2.05) is 6.07 Å². The molecule has 0 amide bonds. The Balaban J connectivity index is 1.87. The Morgan fingerprint density at radius 1 is 1.08 bits per heavy atom. The molecule has 0 radical (unpaired) electrons. The highest BCUT2D eigenvalue weighted by Gasteiger charge is 2.25. The van der Waals surface area contributed by atoms with E-state index in [2.05, 4.69) is 9.71 Å². The molecule has 6 nitrogen and oxygen atoms in total. The minimum atomic E-state index is -3.97. The zero-order valence-corrected chi connectivity index (χ0v) is 14.0. The Hall–Kier alpha value is -2.77. The lowest BCUT2D eigenvalue weighted by Gasteiger charge is -2.15. The van der Waals surface area contributed by atoms with Crippen LogP contribution in [0.25, 0.3) is 10.9 Å². The van der Waals surface area contributed by atoms with E-state index in [0.29, 0.717) is 10.9 Å². The quantitative estimate of drug-likeness (QED) is 0.706. The van der Waals surface area contributed by atoms with Crippen LogP contribution in [0.3, 0.4) is 0 Å². The van der Waals surface area contributed by atoms with E-state index < -0.39 is 22.0 Å². The summed E-state index contributed by atoms with van der Waals surface area (Å²) in [6.07, 6.45) is 1.68. The van der Waals surface area contributed by atoms with E-state index in [1.54, 1.807) is 48.7 Å². The summed E-state index contributed by atoms with van der Waals surface area (Å²) in [6, 6.07) is 15.6. The molecule has 0 fully saturated rings. The second-order valence-corrected chi connectivity index (χ2v) is 7.27. The molecule has 0 saturated heterocycles. The molecule has 1 aromatic heterocycles. The molecule has 128 valence electrons. The summed E-state index contributed by atoms with van der Waals surface area (Å²) in [4.78, 5) is 15.6. The van der Waals surface area contributed by atoms with Crippen molar-refractivity contribution in [3.8, 4) is 0 Å². The van der Waals surface area contributed by atoms with Gasteiger partial charge in [-0.25, -0.2) is 8.42 Å². The number of aliphatic carboxylic acids is 1. The predicted molar refractivity (Wildman–Crippen MR) is 93.6 cm³/mol. The van der Waals surface area contributed by atoms with Crippen LogP contribution in [0.2, 0.25) is 0 Å². The van der Waals surface area contributed by atoms with Crippen LogP contribution in [0.15, 0.2) is 71.8 Å². The Bertz CT molecular complexity index is 1000. The highest BCUT2D eigenvalue weighted by Crippen LogP contribution is 2.18. The minimum Gasteiger partial charge on any atom is -0.480 e. The van der Waals surface area contributed by atoms with Crippen LogP contribution in [0.4, 0.5) is 0 Å². The standard InChI is InChI=1S/C18H16N2O4S/c21-18(22)17(11-13-5-2-1-3-6-13)20-25(23,24)15-8-9-16-14(12-15)7-4-10-19-16/h1-10,12,17,20H,11H2,(H,21,22). The lowest BCUT2D eigenvalue weighted by Crippen LogP contribution is -2.42. The van der Waals surface area contributed by atoms with E-state index in [0.717, 1.165) is 5.56 Å². The van der Waals surface area contributed by atoms with Crippen LogP contribution in [-0.4, -0.2) is 30.5 Å². The van der Waals surface area contributed by atoms with Crippen molar-refractivity contribution in [2.75, 3.05) is 0 Å². The highest BCUT2D eigenvalue weighted by molar-refractivity contribution is 7.89. The molecule has 0 bridgehead atoms. The average Bonchev–Trinajstić information content (AvgIpc) is 2.61. The summed E-state index contributed by atoms with van der Waals surface area (Å²) in [7, 11) is -3.97. The van der Waals surface area contributed by atoms with Crippen molar-refractivity contribution >= 4 is 26.9 Å². The van der Waals surface area contributed by atoms with Crippen molar-refractivity contribution in [1.29, 1.82) is 0 Å². The van der Waals surface area contributed by atoms with E-state index in [9.17, 15) is 18.3 Å². The number of benzene rings is 2. The van der Waals surface area contributed by atoms with Crippen molar-refractivity contribution in [2.45, 2.75) is 17.4 Å². The summed E-state index contributed by atoms with van der Waals surface area (Å²) < 4.78 is 27.4. The van der Waals surface area contributed by atoms with Crippen LogP contribution in [0.5, 0.6) is 0 Å². The number of nitrogens with one attached hydrogen (secondary N) is 1. The van der Waals surface area contributed by atoms with Crippen LogP contribution in [0, 0.1) is 0 Å². The van der Waals surface area contributed by atoms with Crippen LogP contribution >= 0.6 is 0 Å². The Morgan fingerprint density at radius 3 is 2.56 bits per heavy atom. The maximum Gasteiger partial charge on any atom is 0.322 e. The van der Waals surface area contributed by atoms with Gasteiger partial charge in [-0.05, 0) is 36.2 Å². The van der Waals surface area contributed by atoms with Crippen molar-refractivity contribution in [1.82, 2.24) is 9.71 Å². The van der Waals surface area contributed by atoms with Crippen molar-refractivity contribution in [2.24, 2.45) is 0 Å². The Labute approximate surface area is 145 Å². The van der Waals surface area contributed by atoms with Gasteiger partial charge >= 0.3 is 5.97 Å². The summed E-state index contributed by atoms with van der Waals surface area (Å²) in [5.41, 5.74) is 1.40. The molecule has 0 aliphatic rings. The third-order valence-electron chi connectivity index (χ3n) is 3.76. The molecule has 0 aliphatic carbocycles. The van der Waals surface area contributed by atoms with Gasteiger partial charge in [0, 0.05) is 11.6 Å². The summed E-state index contributed by atoms with van der Waals surface area (Å²) in [5, 5.41) is 10.0. The number of rotatable bonds is 6. The lowest BCUT2D eigenvalue weighted by atomic mass is 10.1. The maximum atomic E-state index is 12.6. The molecule has 7 heteroatoms. The van der Waals surface area contributed by atoms with Gasteiger partial charge in [-0.3, -0.25) is 9.78 Å². The Morgan fingerprint density at radius 2 is 1.84 bits per heavy atom. The number of carbonyl (C=O) groups is 1. The summed E-state index contributed by atoms with van der Waals surface area (Å²) >= 11 is 0. The fourth-order valence-electron chi connectivity index (χ4n) is 2.51. The largest absolute Gasteiger partial charge is 0.480 e. The molecular weight excluding hydrogens is 340 g/mol. The van der Waals surface area contributed by atoms with Gasteiger partial charge in [0.25, 0.3) is 0 Å². The lowest BCUT2D eigenvalue weighted by molar-refractivity contribution is -0.138. The number of fused-ring (bicyclic) bond motifs is 1. The summed E-state index contributed by atoms with van der Waals surface area (Å²) in [6.45, 7) is 0. The molecular formula is C18H16N2O4S. The number of carboxylic acids is 1. The van der Waals surface area contributed by atoms with E-state index >= 15 is 0 Å². The molecule has 2 aromatic carbocycles. The topological polar surface area (TPSA) is 96.4 Å². The average molecular weight is 356 g/mol. The number of carboxylic acid groups (broad SMARTS) is 1. The van der Waals surface area contributed by atoms with Gasteiger partial charge in [-0.15, -0.1) is 0 Å². The molecule has 1 heterocycles. The smallest absolute Gasteiger partial charge is 0.322 e. The molecule has 1 unspecified atom stereocenters. The fraction of sp³-hybridized carbons (Fsp3) is 0.111. The van der Waals surface area contributed by atoms with Crippen molar-refractivity contribution in [3.05, 3.63) is 72.4 Å². The first-order valence-electron chi connectivity index (χ1n) is 7.59. The number of hydrogen-bond donors (Lipinski definition) is 2. The molecule has 0 aliphatic heterocycles. The van der Waals surface area contributed by atoms with Crippen molar-refractivity contribution < 1.29 is 18.3 Å². The first-order valence-corrected chi connectivity index (χ1v) is 9.08. The normalized spacial score (nSPS) is 12.8. The predicted octanol–water partition coefficient (Wildman–Crippen LogP) is 2.21. The number of hydrogen-bond acceptors (Lipinski definition) is 4. The van der Waals surface area contributed by atoms with Gasteiger partial charge < -0.3 is 5.11 Å². The number of aromatic nitrogens is 1. The number of pyridine rings is 1. The number of nitrogens with zero attached hydrogens (tertiary/aromatic N) is 1. The number of sulfonamides is 1. The third kappa shape index (κ3) is 4.01. The second-order valence-electron chi connectivity index (χ2n) is 5.56. The van der Waals surface area contributed by atoms with Gasteiger partial charge in [0.15, 0.2) is 0 Å². The van der Waals surface area contributed by atoms with Crippen LogP contribution in [0.1, 0.15) is 5.56 Å². The van der Waals surface area contributed by atoms with Crippen molar-refractivity contribution in [3.63, 3.8) is 0 Å². The second kappa shape index (κ2) is 7.00. The zero-order chi connectivity index (χ0) is 17.9. The zero-order valence-electron chi connectivity index (χ0n) is 13.2. The first-order chi connectivity index (χ1) is 12.0. The van der Waals surface area contributed by atoms with Gasteiger partial charge in [-0.1, -0.05) is 36.4 Å². The van der Waals surface area contributed by atoms with Crippen LogP contribution < -0.4 is 4.72 Å². The van der Waals surface area contributed by atoms with E-state index in [1.165, 1.54) is 12.1 Å². The molecule has 3 aromatic rings. The van der Waals surface area contributed by atoms with E-state index in [4.69, 9.17) is 0 Å². The molecule has 3 rings (SSSR count). The molecule has 0 spiro atoms. The Kier molecular flexibility index (Phi) is 4.78. The van der Waals surface area contributed by atoms with Crippen LogP contribution in [-0.2, 0) is 21.2 Å². The van der Waals surface area contributed by atoms with E-state index in [-0.39, 0.29) is 11.3 Å². The highest BCUT2D eigenvalue weighted by atomic mass is 32.2.